The molecule has 1 atom stereocenters. The Labute approximate surface area is 166 Å². The first kappa shape index (κ1) is 20.4. The van der Waals surface area contributed by atoms with Gasteiger partial charge in [-0.25, -0.2) is 4.98 Å². The summed E-state index contributed by atoms with van der Waals surface area (Å²) in [7, 11) is 3.20. The van der Waals surface area contributed by atoms with Gasteiger partial charge in [0.25, 0.3) is 0 Å². The van der Waals surface area contributed by atoms with Gasteiger partial charge in [-0.2, -0.15) is 4.98 Å². The van der Waals surface area contributed by atoms with E-state index in [1.54, 1.807) is 14.2 Å². The summed E-state index contributed by atoms with van der Waals surface area (Å²) in [6.07, 6.45) is 1.10. The standard InChI is InChI=1S/C20H31N5O3/c1-13(2)9-14(25-5-7-28-8-6-25)12-22-20-23-16-11-18(27-4)17(26-3)10-15(16)19(21)24-20/h10-11,13-14H,5-9,12H2,1-4H3,(H3,21,22,23,24). The van der Waals surface area contributed by atoms with Crippen LogP contribution >= 0.6 is 0 Å². The number of fused-ring (bicyclic) bond motifs is 1. The lowest BCUT2D eigenvalue weighted by atomic mass is 10.0. The Morgan fingerprint density at radius 1 is 1.14 bits per heavy atom. The highest BCUT2D eigenvalue weighted by Crippen LogP contribution is 2.33. The van der Waals surface area contributed by atoms with Crippen LogP contribution in [0, 0.1) is 5.92 Å². The number of nitrogens with zero attached hydrogens (tertiary/aromatic N) is 3. The fraction of sp³-hybridized carbons (Fsp3) is 0.600. The third-order valence-electron chi connectivity index (χ3n) is 5.03. The fourth-order valence-electron chi connectivity index (χ4n) is 3.62. The molecule has 0 aliphatic carbocycles. The molecule has 1 saturated heterocycles. The van der Waals surface area contributed by atoms with Gasteiger partial charge in [-0.15, -0.1) is 0 Å². The van der Waals surface area contributed by atoms with Gasteiger partial charge in [0.2, 0.25) is 5.95 Å². The van der Waals surface area contributed by atoms with Crippen LogP contribution in [0.1, 0.15) is 20.3 Å². The number of aromatic nitrogens is 2. The van der Waals surface area contributed by atoms with E-state index in [1.807, 2.05) is 12.1 Å². The van der Waals surface area contributed by atoms with Crippen LogP contribution in [-0.4, -0.2) is 68.0 Å². The van der Waals surface area contributed by atoms with E-state index in [9.17, 15) is 0 Å². The molecule has 1 aliphatic rings. The summed E-state index contributed by atoms with van der Waals surface area (Å²) in [4.78, 5) is 11.6. The molecule has 8 nitrogen and oxygen atoms in total. The summed E-state index contributed by atoms with van der Waals surface area (Å²) < 4.78 is 16.2. The molecule has 2 heterocycles. The predicted molar refractivity (Wildman–Crippen MR) is 111 cm³/mol. The van der Waals surface area contributed by atoms with Crippen molar-refractivity contribution in [3.8, 4) is 11.5 Å². The Kier molecular flexibility index (Phi) is 6.74. The number of methoxy groups -OCH3 is 2. The van der Waals surface area contributed by atoms with Crippen molar-refractivity contribution in [2.24, 2.45) is 5.92 Å². The number of hydrogen-bond acceptors (Lipinski definition) is 8. The monoisotopic (exact) mass is 389 g/mol. The molecule has 8 heteroatoms. The third-order valence-corrected chi connectivity index (χ3v) is 5.03. The summed E-state index contributed by atoms with van der Waals surface area (Å²) in [6, 6.07) is 4.03. The number of nitrogens with two attached hydrogens (primary N) is 1. The minimum absolute atomic E-state index is 0.398. The molecule has 0 saturated carbocycles. The highest BCUT2D eigenvalue weighted by atomic mass is 16.5. The third kappa shape index (κ3) is 4.74. The van der Waals surface area contributed by atoms with Gasteiger partial charge in [0.15, 0.2) is 11.5 Å². The number of rotatable bonds is 8. The van der Waals surface area contributed by atoms with Gasteiger partial charge in [-0.3, -0.25) is 4.90 Å². The minimum Gasteiger partial charge on any atom is -0.493 e. The largest absolute Gasteiger partial charge is 0.493 e. The molecule has 1 unspecified atom stereocenters. The smallest absolute Gasteiger partial charge is 0.225 e. The number of benzene rings is 1. The number of morpholine rings is 1. The van der Waals surface area contributed by atoms with Crippen molar-refractivity contribution in [1.29, 1.82) is 0 Å². The van der Waals surface area contributed by atoms with Crippen molar-refractivity contribution in [3.05, 3.63) is 12.1 Å². The van der Waals surface area contributed by atoms with Gasteiger partial charge in [-0.1, -0.05) is 13.8 Å². The van der Waals surface area contributed by atoms with Crippen molar-refractivity contribution in [3.63, 3.8) is 0 Å². The van der Waals surface area contributed by atoms with Crippen molar-refractivity contribution in [1.82, 2.24) is 14.9 Å². The fourth-order valence-corrected chi connectivity index (χ4v) is 3.62. The number of nitrogens with one attached hydrogen (secondary N) is 1. The Bertz CT molecular complexity index is 793. The average molecular weight is 390 g/mol. The van der Waals surface area contributed by atoms with Crippen LogP contribution in [0.15, 0.2) is 12.1 Å². The molecule has 0 spiro atoms. The molecular weight excluding hydrogens is 358 g/mol. The molecule has 3 rings (SSSR count). The number of ether oxygens (including phenoxy) is 3. The maximum absolute atomic E-state index is 6.19. The van der Waals surface area contributed by atoms with Crippen LogP contribution < -0.4 is 20.5 Å². The minimum atomic E-state index is 0.398. The van der Waals surface area contributed by atoms with Gasteiger partial charge >= 0.3 is 0 Å². The lowest BCUT2D eigenvalue weighted by Crippen LogP contribution is -2.47. The van der Waals surface area contributed by atoms with Crippen molar-refractivity contribution in [2.75, 3.05) is 58.1 Å². The first-order chi connectivity index (χ1) is 13.5. The summed E-state index contributed by atoms with van der Waals surface area (Å²) in [5.74, 6) is 2.77. The van der Waals surface area contributed by atoms with E-state index >= 15 is 0 Å². The lowest BCUT2D eigenvalue weighted by molar-refractivity contribution is 0.0150. The van der Waals surface area contributed by atoms with Crippen LogP contribution in [0.5, 0.6) is 11.5 Å². The Morgan fingerprint density at radius 2 is 1.82 bits per heavy atom. The zero-order valence-electron chi connectivity index (χ0n) is 17.2. The first-order valence-electron chi connectivity index (χ1n) is 9.76. The van der Waals surface area contributed by atoms with Crippen molar-refractivity contribution in [2.45, 2.75) is 26.3 Å². The molecule has 28 heavy (non-hydrogen) atoms. The molecule has 154 valence electrons. The zero-order chi connectivity index (χ0) is 20.1. The summed E-state index contributed by atoms with van der Waals surface area (Å²) in [5.41, 5.74) is 6.91. The summed E-state index contributed by atoms with van der Waals surface area (Å²) >= 11 is 0. The van der Waals surface area contributed by atoms with Gasteiger partial charge < -0.3 is 25.3 Å². The number of nitrogen functional groups attached to an aromatic ring is 1. The van der Waals surface area contributed by atoms with E-state index in [1.165, 1.54) is 0 Å². The Morgan fingerprint density at radius 3 is 2.46 bits per heavy atom. The van der Waals surface area contributed by atoms with E-state index < -0.39 is 0 Å². The average Bonchev–Trinajstić information content (AvgIpc) is 2.70. The van der Waals surface area contributed by atoms with Crippen LogP contribution in [0.3, 0.4) is 0 Å². The van der Waals surface area contributed by atoms with E-state index in [0.717, 1.165) is 50.2 Å². The van der Waals surface area contributed by atoms with Crippen LogP contribution in [0.25, 0.3) is 10.9 Å². The highest BCUT2D eigenvalue weighted by Gasteiger charge is 2.22. The molecule has 1 aliphatic heterocycles. The maximum atomic E-state index is 6.19. The van der Waals surface area contributed by atoms with Crippen molar-refractivity contribution >= 4 is 22.7 Å². The molecule has 1 aromatic heterocycles. The molecule has 2 aromatic rings. The molecule has 1 aromatic carbocycles. The van der Waals surface area contributed by atoms with Crippen LogP contribution in [0.4, 0.5) is 11.8 Å². The second-order valence-corrected chi connectivity index (χ2v) is 7.47. The predicted octanol–water partition coefficient (Wildman–Crippen LogP) is 2.39. The van der Waals surface area contributed by atoms with Gasteiger partial charge in [0.05, 0.1) is 33.0 Å². The van der Waals surface area contributed by atoms with Gasteiger partial charge in [0.1, 0.15) is 5.82 Å². The second kappa shape index (κ2) is 9.25. The van der Waals surface area contributed by atoms with Gasteiger partial charge in [0, 0.05) is 37.1 Å². The molecule has 1 fully saturated rings. The van der Waals surface area contributed by atoms with E-state index in [2.05, 4.69) is 34.0 Å². The Hall–Kier alpha value is -2.32. The molecule has 0 bridgehead atoms. The van der Waals surface area contributed by atoms with Crippen molar-refractivity contribution < 1.29 is 14.2 Å². The quantitative estimate of drug-likeness (QED) is 0.711. The second-order valence-electron chi connectivity index (χ2n) is 7.47. The van der Waals surface area contributed by atoms with E-state index in [4.69, 9.17) is 19.9 Å². The SMILES string of the molecule is COc1cc2nc(NCC(CC(C)C)N3CCOCC3)nc(N)c2cc1OC. The van der Waals surface area contributed by atoms with Crippen LogP contribution in [0.2, 0.25) is 0 Å². The highest BCUT2D eigenvalue weighted by molar-refractivity contribution is 5.91. The van der Waals surface area contributed by atoms with E-state index in [0.29, 0.717) is 35.2 Å². The number of anilines is 2. The van der Waals surface area contributed by atoms with Crippen LogP contribution in [-0.2, 0) is 4.74 Å². The maximum Gasteiger partial charge on any atom is 0.225 e. The van der Waals surface area contributed by atoms with Gasteiger partial charge in [-0.05, 0) is 18.4 Å². The topological polar surface area (TPSA) is 94.8 Å². The molecule has 3 N–H and O–H groups in total. The molecule has 0 amide bonds. The van der Waals surface area contributed by atoms with E-state index in [-0.39, 0.29) is 0 Å². The number of hydrogen-bond donors (Lipinski definition) is 2. The Balaban J connectivity index is 1.80. The molecular formula is C20H31N5O3. The normalized spacial score (nSPS) is 16.3. The molecule has 0 radical (unpaired) electrons. The summed E-state index contributed by atoms with van der Waals surface area (Å²) in [6.45, 7) is 8.74. The zero-order valence-corrected chi connectivity index (χ0v) is 17.2. The summed E-state index contributed by atoms with van der Waals surface area (Å²) in [5, 5.41) is 4.14. The first-order valence-corrected chi connectivity index (χ1v) is 9.76. The lowest BCUT2D eigenvalue weighted by Gasteiger charge is -2.35.